The zero-order valence-corrected chi connectivity index (χ0v) is 11.1. The lowest BCUT2D eigenvalue weighted by Gasteiger charge is -2.24. The van der Waals surface area contributed by atoms with Gasteiger partial charge in [-0.15, -0.1) is 0 Å². The van der Waals surface area contributed by atoms with Gasteiger partial charge in [0.25, 0.3) is 5.69 Å². The molecule has 100 valence electrons. The fourth-order valence-corrected chi connectivity index (χ4v) is 1.70. The first-order valence-corrected chi connectivity index (χ1v) is 5.95. The topological polar surface area (TPSA) is 75.4 Å². The fourth-order valence-electron chi connectivity index (χ4n) is 1.70. The second kappa shape index (κ2) is 5.82. The quantitative estimate of drug-likeness (QED) is 0.603. The van der Waals surface area contributed by atoms with Crippen molar-refractivity contribution < 1.29 is 10.0 Å². The van der Waals surface area contributed by atoms with E-state index in [1.807, 2.05) is 0 Å². The highest BCUT2D eigenvalue weighted by atomic mass is 16.6. The van der Waals surface area contributed by atoms with E-state index in [4.69, 9.17) is 5.11 Å². The Bertz CT molecular complexity index is 430. The number of hydrogen-bond donors (Lipinski definition) is 2. The minimum atomic E-state index is -0.380. The Morgan fingerprint density at radius 3 is 2.61 bits per heavy atom. The van der Waals surface area contributed by atoms with Crippen molar-refractivity contribution in [1.82, 2.24) is 0 Å². The number of aliphatic hydroxyl groups is 1. The van der Waals surface area contributed by atoms with Crippen molar-refractivity contribution in [2.75, 3.05) is 18.5 Å². The maximum absolute atomic E-state index is 10.7. The summed E-state index contributed by atoms with van der Waals surface area (Å²) in [6.45, 7) is 6.73. The summed E-state index contributed by atoms with van der Waals surface area (Å²) < 4.78 is 0. The largest absolute Gasteiger partial charge is 0.396 e. The second-order valence-corrected chi connectivity index (χ2v) is 5.25. The molecule has 0 aliphatic carbocycles. The number of benzene rings is 1. The summed E-state index contributed by atoms with van der Waals surface area (Å²) >= 11 is 0. The van der Waals surface area contributed by atoms with Crippen LogP contribution in [0.25, 0.3) is 0 Å². The van der Waals surface area contributed by atoms with E-state index < -0.39 is 0 Å². The minimum absolute atomic E-state index is 0.00949. The minimum Gasteiger partial charge on any atom is -0.396 e. The summed E-state index contributed by atoms with van der Waals surface area (Å²) in [5, 5.41) is 22.9. The van der Waals surface area contributed by atoms with E-state index >= 15 is 0 Å². The molecule has 2 N–H and O–H groups in total. The molecular formula is C13H20N2O3. The van der Waals surface area contributed by atoms with Gasteiger partial charge < -0.3 is 10.4 Å². The van der Waals surface area contributed by atoms with Gasteiger partial charge in [0.2, 0.25) is 0 Å². The highest BCUT2D eigenvalue weighted by Crippen LogP contribution is 2.24. The third-order valence-corrected chi connectivity index (χ3v) is 2.95. The normalized spacial score (nSPS) is 11.3. The summed E-state index contributed by atoms with van der Waals surface area (Å²) in [4.78, 5) is 10.3. The predicted molar refractivity (Wildman–Crippen MR) is 71.8 cm³/mol. The lowest BCUT2D eigenvalue weighted by molar-refractivity contribution is -0.385. The molecule has 0 atom stereocenters. The van der Waals surface area contributed by atoms with Crippen molar-refractivity contribution >= 4 is 11.4 Å². The highest BCUT2D eigenvalue weighted by molar-refractivity contribution is 5.53. The van der Waals surface area contributed by atoms with Crippen LogP contribution in [0.3, 0.4) is 0 Å². The molecule has 0 bridgehead atoms. The third-order valence-electron chi connectivity index (χ3n) is 2.95. The van der Waals surface area contributed by atoms with Gasteiger partial charge in [0, 0.05) is 30.5 Å². The SMILES string of the molecule is Cc1cc(NCC(C)(C)CCO)ccc1[N+](=O)[O-]. The van der Waals surface area contributed by atoms with Crippen LogP contribution in [0.4, 0.5) is 11.4 Å². The van der Waals surface area contributed by atoms with Gasteiger partial charge in [0.05, 0.1) is 4.92 Å². The number of aryl methyl sites for hydroxylation is 1. The summed E-state index contributed by atoms with van der Waals surface area (Å²) in [5.74, 6) is 0. The standard InChI is InChI=1S/C13H20N2O3/c1-10-8-11(4-5-12(10)15(17)18)14-9-13(2,3)6-7-16/h4-5,8,14,16H,6-7,9H2,1-3H3. The van der Waals surface area contributed by atoms with E-state index in [0.717, 1.165) is 5.69 Å². The van der Waals surface area contributed by atoms with Crippen LogP contribution < -0.4 is 5.32 Å². The number of hydrogen-bond acceptors (Lipinski definition) is 4. The van der Waals surface area contributed by atoms with Crippen molar-refractivity contribution in [3.05, 3.63) is 33.9 Å². The average molecular weight is 252 g/mol. The monoisotopic (exact) mass is 252 g/mol. The number of anilines is 1. The first-order chi connectivity index (χ1) is 8.35. The number of nitro groups is 1. The molecule has 18 heavy (non-hydrogen) atoms. The van der Waals surface area contributed by atoms with Gasteiger partial charge in [-0.2, -0.15) is 0 Å². The first-order valence-electron chi connectivity index (χ1n) is 5.95. The molecule has 1 rings (SSSR count). The average Bonchev–Trinajstić information content (AvgIpc) is 2.26. The molecule has 0 amide bonds. The van der Waals surface area contributed by atoms with Crippen LogP contribution in [-0.4, -0.2) is 23.2 Å². The molecule has 0 fully saturated rings. The lowest BCUT2D eigenvalue weighted by Crippen LogP contribution is -2.24. The number of aliphatic hydroxyl groups excluding tert-OH is 1. The molecule has 0 radical (unpaired) electrons. The van der Waals surface area contributed by atoms with Crippen molar-refractivity contribution in [2.24, 2.45) is 5.41 Å². The summed E-state index contributed by atoms with van der Waals surface area (Å²) in [7, 11) is 0. The number of nitrogens with zero attached hydrogens (tertiary/aromatic N) is 1. The molecular weight excluding hydrogens is 232 g/mol. The first kappa shape index (κ1) is 14.4. The van der Waals surface area contributed by atoms with E-state index in [0.29, 0.717) is 18.5 Å². The van der Waals surface area contributed by atoms with Crippen LogP contribution in [0.15, 0.2) is 18.2 Å². The molecule has 5 nitrogen and oxygen atoms in total. The number of nitro benzene ring substituents is 1. The van der Waals surface area contributed by atoms with Gasteiger partial charge >= 0.3 is 0 Å². The van der Waals surface area contributed by atoms with Gasteiger partial charge in [0.1, 0.15) is 0 Å². The van der Waals surface area contributed by atoms with Gasteiger partial charge in [-0.1, -0.05) is 13.8 Å². The Morgan fingerprint density at radius 1 is 1.44 bits per heavy atom. The van der Waals surface area contributed by atoms with Crippen molar-refractivity contribution in [1.29, 1.82) is 0 Å². The summed E-state index contributed by atoms with van der Waals surface area (Å²) in [6, 6.07) is 4.99. The molecule has 0 unspecified atom stereocenters. The highest BCUT2D eigenvalue weighted by Gasteiger charge is 2.17. The molecule has 1 aromatic carbocycles. The maximum atomic E-state index is 10.7. The summed E-state index contributed by atoms with van der Waals surface area (Å²) in [5.41, 5.74) is 1.63. The molecule has 0 heterocycles. The Morgan fingerprint density at radius 2 is 2.11 bits per heavy atom. The van der Waals surface area contributed by atoms with Crippen LogP contribution in [0.5, 0.6) is 0 Å². The van der Waals surface area contributed by atoms with Crippen LogP contribution in [0, 0.1) is 22.5 Å². The van der Waals surface area contributed by atoms with Gasteiger partial charge in [-0.25, -0.2) is 0 Å². The zero-order valence-electron chi connectivity index (χ0n) is 11.1. The Balaban J connectivity index is 2.70. The van der Waals surface area contributed by atoms with Gasteiger partial charge in [-0.05, 0) is 30.9 Å². The predicted octanol–water partition coefficient (Wildman–Crippen LogP) is 2.72. The number of rotatable bonds is 6. The molecule has 0 saturated heterocycles. The zero-order chi connectivity index (χ0) is 13.8. The second-order valence-electron chi connectivity index (χ2n) is 5.25. The van der Waals surface area contributed by atoms with Crippen LogP contribution in [0.1, 0.15) is 25.8 Å². The van der Waals surface area contributed by atoms with Crippen LogP contribution in [-0.2, 0) is 0 Å². The third kappa shape index (κ3) is 4.00. The molecule has 1 aromatic rings. The molecule has 0 saturated carbocycles. The Labute approximate surface area is 107 Å². The van der Waals surface area contributed by atoms with Crippen molar-refractivity contribution in [2.45, 2.75) is 27.2 Å². The molecule has 0 aliphatic rings. The lowest BCUT2D eigenvalue weighted by atomic mass is 9.89. The fraction of sp³-hybridized carbons (Fsp3) is 0.538. The van der Waals surface area contributed by atoms with Crippen molar-refractivity contribution in [3.63, 3.8) is 0 Å². The smallest absolute Gasteiger partial charge is 0.272 e. The van der Waals surface area contributed by atoms with E-state index in [-0.39, 0.29) is 22.6 Å². The van der Waals surface area contributed by atoms with E-state index in [1.165, 1.54) is 6.07 Å². The van der Waals surface area contributed by atoms with Crippen LogP contribution in [0.2, 0.25) is 0 Å². The molecule has 0 aromatic heterocycles. The van der Waals surface area contributed by atoms with Crippen LogP contribution >= 0.6 is 0 Å². The van der Waals surface area contributed by atoms with Gasteiger partial charge in [0.15, 0.2) is 0 Å². The van der Waals surface area contributed by atoms with E-state index in [2.05, 4.69) is 19.2 Å². The molecule has 0 aliphatic heterocycles. The van der Waals surface area contributed by atoms with Gasteiger partial charge in [-0.3, -0.25) is 10.1 Å². The van der Waals surface area contributed by atoms with E-state index in [1.54, 1.807) is 19.1 Å². The Hall–Kier alpha value is -1.62. The number of nitrogens with one attached hydrogen (secondary N) is 1. The van der Waals surface area contributed by atoms with E-state index in [9.17, 15) is 10.1 Å². The summed E-state index contributed by atoms with van der Waals surface area (Å²) in [6.07, 6.45) is 0.714. The Kier molecular flexibility index (Phi) is 4.67. The maximum Gasteiger partial charge on any atom is 0.272 e. The molecule has 5 heteroatoms. The molecule has 0 spiro atoms. The van der Waals surface area contributed by atoms with Crippen molar-refractivity contribution in [3.8, 4) is 0 Å².